The van der Waals surface area contributed by atoms with Gasteiger partial charge >= 0.3 is 5.97 Å². The van der Waals surface area contributed by atoms with Gasteiger partial charge in [0.1, 0.15) is 17.5 Å². The lowest BCUT2D eigenvalue weighted by molar-refractivity contribution is -0.143. The lowest BCUT2D eigenvalue weighted by Gasteiger charge is -2.30. The molecule has 0 amide bonds. The van der Waals surface area contributed by atoms with E-state index < -0.39 is 12.0 Å². The summed E-state index contributed by atoms with van der Waals surface area (Å²) in [6.45, 7) is 1.56. The molecule has 4 N–H and O–H groups in total. The van der Waals surface area contributed by atoms with Gasteiger partial charge in [0.15, 0.2) is 22.5 Å². The van der Waals surface area contributed by atoms with Crippen LogP contribution in [-0.4, -0.2) is 57.9 Å². The van der Waals surface area contributed by atoms with E-state index in [1.807, 2.05) is 6.07 Å². The first-order valence-corrected chi connectivity index (χ1v) is 10.7. The number of carboxylic acids is 1. The molecular weight excluding hydrogens is 420 g/mol. The van der Waals surface area contributed by atoms with Crippen LogP contribution in [0.1, 0.15) is 18.9 Å². The van der Waals surface area contributed by atoms with Crippen molar-refractivity contribution < 1.29 is 19.4 Å². The van der Waals surface area contributed by atoms with Gasteiger partial charge in [0.05, 0.1) is 25.4 Å². The Morgan fingerprint density at radius 2 is 2.06 bits per heavy atom. The van der Waals surface area contributed by atoms with Crippen molar-refractivity contribution in [1.29, 1.82) is 0 Å². The predicted octanol–water partition coefficient (Wildman–Crippen LogP) is 2.15. The smallest absolute Gasteiger partial charge is 0.327 e. The molecule has 0 aromatic heterocycles. The Bertz CT molecular complexity index is 1050. The first-order chi connectivity index (χ1) is 15.0. The van der Waals surface area contributed by atoms with Crippen LogP contribution in [0.4, 0.5) is 5.82 Å². The van der Waals surface area contributed by atoms with E-state index in [0.717, 1.165) is 30.8 Å². The van der Waals surface area contributed by atoms with Crippen LogP contribution in [0.5, 0.6) is 11.5 Å². The average Bonchev–Trinajstić information content (AvgIpc) is 3.20. The number of fused-ring (bicyclic) bond motifs is 1. The number of hydrogen-bond acceptors (Lipinski definition) is 9. The zero-order valence-electron chi connectivity index (χ0n) is 17.2. The first-order valence-electron chi connectivity index (χ1n) is 9.85. The number of carbonyl (C=O) groups is 1. The molecule has 0 saturated carbocycles. The number of nitrogen functional groups attached to an aromatic ring is 1. The third-order valence-corrected chi connectivity index (χ3v) is 6.29. The maximum atomic E-state index is 12.2. The monoisotopic (exact) mass is 444 g/mol. The Kier molecular flexibility index (Phi) is 6.14. The summed E-state index contributed by atoms with van der Waals surface area (Å²) in [6.07, 6.45) is 2.97. The predicted molar refractivity (Wildman–Crippen MR) is 115 cm³/mol. The molecule has 3 heterocycles. The maximum absolute atomic E-state index is 12.2. The van der Waals surface area contributed by atoms with Crippen LogP contribution >= 0.6 is 11.8 Å². The molecule has 11 heteroatoms. The van der Waals surface area contributed by atoms with Gasteiger partial charge < -0.3 is 30.2 Å². The number of methoxy groups -OCH3 is 2. The number of ether oxygens (including phenoxy) is 2. The lowest BCUT2D eigenvalue weighted by atomic mass is 9.90. The van der Waals surface area contributed by atoms with Crippen molar-refractivity contribution in [2.24, 2.45) is 5.92 Å². The minimum Gasteiger partial charge on any atom is -0.497 e. The highest BCUT2D eigenvalue weighted by Crippen LogP contribution is 2.39. The number of hydrogen-bond donors (Lipinski definition) is 3. The SMILES string of the molecule is COc1ccc(OC)c(Sc2nc3c(N)ncn(C(C(=O)O)C4CCNCC4)c-3n2)c1. The molecule has 0 spiro atoms. The Morgan fingerprint density at radius 1 is 1.29 bits per heavy atom. The second-order valence-corrected chi connectivity index (χ2v) is 8.21. The maximum Gasteiger partial charge on any atom is 0.327 e. The molecule has 1 aromatic carbocycles. The first kappa shape index (κ1) is 21.2. The summed E-state index contributed by atoms with van der Waals surface area (Å²) >= 11 is 1.29. The molecule has 1 aromatic rings. The van der Waals surface area contributed by atoms with Gasteiger partial charge in [-0.15, -0.1) is 0 Å². The van der Waals surface area contributed by atoms with Crippen molar-refractivity contribution in [3.63, 3.8) is 0 Å². The van der Waals surface area contributed by atoms with Gasteiger partial charge in [0.2, 0.25) is 0 Å². The normalized spacial score (nSPS) is 15.7. The Balaban J connectivity index is 1.74. The molecule has 1 fully saturated rings. The van der Waals surface area contributed by atoms with Crippen LogP contribution < -0.4 is 20.5 Å². The second-order valence-electron chi connectivity index (χ2n) is 7.20. The average molecular weight is 445 g/mol. The molecule has 1 atom stereocenters. The Morgan fingerprint density at radius 3 is 2.74 bits per heavy atom. The number of rotatable bonds is 7. The van der Waals surface area contributed by atoms with E-state index in [2.05, 4.69) is 20.3 Å². The van der Waals surface area contributed by atoms with E-state index in [1.54, 1.807) is 30.9 Å². The summed E-state index contributed by atoms with van der Waals surface area (Å²) in [5, 5.41) is 13.7. The van der Waals surface area contributed by atoms with E-state index in [4.69, 9.17) is 15.2 Å². The number of aromatic nitrogens is 4. The number of benzene rings is 1. The van der Waals surface area contributed by atoms with Crippen molar-refractivity contribution in [3.05, 3.63) is 24.5 Å². The van der Waals surface area contributed by atoms with Crippen LogP contribution in [0.3, 0.4) is 0 Å². The van der Waals surface area contributed by atoms with E-state index in [-0.39, 0.29) is 11.7 Å². The Hall–Kier alpha value is -3.05. The number of nitrogens with zero attached hydrogens (tertiary/aromatic N) is 4. The molecule has 1 saturated heterocycles. The van der Waals surface area contributed by atoms with E-state index >= 15 is 0 Å². The highest BCUT2D eigenvalue weighted by Gasteiger charge is 2.34. The van der Waals surface area contributed by atoms with Gasteiger partial charge in [-0.25, -0.2) is 19.7 Å². The van der Waals surface area contributed by atoms with Gasteiger partial charge in [-0.3, -0.25) is 0 Å². The summed E-state index contributed by atoms with van der Waals surface area (Å²) in [4.78, 5) is 26.3. The quantitative estimate of drug-likeness (QED) is 0.497. The molecule has 0 bridgehead atoms. The Labute approximate surface area is 183 Å². The molecular formula is C20H24N6O4S. The zero-order valence-corrected chi connectivity index (χ0v) is 18.1. The van der Waals surface area contributed by atoms with E-state index in [0.29, 0.717) is 28.2 Å². The van der Waals surface area contributed by atoms with Crippen LogP contribution in [0.15, 0.2) is 34.6 Å². The third kappa shape index (κ3) is 4.23. The second kappa shape index (κ2) is 8.98. The molecule has 10 nitrogen and oxygen atoms in total. The molecule has 31 heavy (non-hydrogen) atoms. The molecule has 0 aliphatic carbocycles. The number of anilines is 1. The van der Waals surface area contributed by atoms with Crippen LogP contribution in [-0.2, 0) is 4.79 Å². The fourth-order valence-electron chi connectivity index (χ4n) is 3.83. The number of carboxylic acid groups (broad SMARTS) is 1. The standard InChI is InChI=1S/C20H24N6O4S/c1-29-12-3-4-13(30-2)14(9-12)31-20-24-15-17(21)23-10-26(18(15)25-20)16(19(27)28)11-5-7-22-8-6-11/h3-4,9-11,16,22H,5-8,21H2,1-2H3,(H,27,28). The number of nitrogens with one attached hydrogen (secondary N) is 1. The van der Waals surface area contributed by atoms with Gasteiger partial charge in [-0.05, 0) is 61.8 Å². The fourth-order valence-corrected chi connectivity index (χ4v) is 4.72. The van der Waals surface area contributed by atoms with Crippen LogP contribution in [0.25, 0.3) is 11.5 Å². The number of piperidine rings is 1. The van der Waals surface area contributed by atoms with Crippen LogP contribution in [0, 0.1) is 5.92 Å². The summed E-state index contributed by atoms with van der Waals surface area (Å²) < 4.78 is 12.3. The largest absolute Gasteiger partial charge is 0.497 e. The number of nitrogens with two attached hydrogens (primary N) is 1. The van der Waals surface area contributed by atoms with Gasteiger partial charge in [-0.2, -0.15) is 0 Å². The van der Waals surface area contributed by atoms with E-state index in [1.165, 1.54) is 18.1 Å². The lowest BCUT2D eigenvalue weighted by Crippen LogP contribution is -2.36. The summed E-state index contributed by atoms with van der Waals surface area (Å²) in [6, 6.07) is 4.64. The van der Waals surface area contributed by atoms with Gasteiger partial charge in [0, 0.05) is 0 Å². The van der Waals surface area contributed by atoms with Crippen molar-refractivity contribution in [1.82, 2.24) is 24.8 Å². The molecule has 3 aliphatic heterocycles. The molecule has 3 aliphatic rings. The minimum atomic E-state index is -0.920. The van der Waals surface area contributed by atoms with Gasteiger partial charge in [0.25, 0.3) is 0 Å². The molecule has 1 unspecified atom stereocenters. The highest BCUT2D eigenvalue weighted by molar-refractivity contribution is 7.99. The summed E-state index contributed by atoms with van der Waals surface area (Å²) in [5.41, 5.74) is 6.43. The van der Waals surface area contributed by atoms with E-state index in [9.17, 15) is 9.90 Å². The minimum absolute atomic E-state index is 0.0383. The van der Waals surface area contributed by atoms with Crippen molar-refractivity contribution in [2.75, 3.05) is 33.0 Å². The fraction of sp³-hybridized carbons (Fsp3) is 0.400. The summed E-state index contributed by atoms with van der Waals surface area (Å²) in [7, 11) is 3.17. The molecule has 0 radical (unpaired) electrons. The highest BCUT2D eigenvalue weighted by atomic mass is 32.2. The molecule has 4 rings (SSSR count). The molecule has 164 valence electrons. The topological polar surface area (TPSA) is 137 Å². The summed E-state index contributed by atoms with van der Waals surface area (Å²) in [5.74, 6) is 0.977. The van der Waals surface area contributed by atoms with Crippen molar-refractivity contribution in [2.45, 2.75) is 28.9 Å². The van der Waals surface area contributed by atoms with Crippen molar-refractivity contribution in [3.8, 4) is 23.0 Å². The van der Waals surface area contributed by atoms with Crippen LogP contribution in [0.2, 0.25) is 0 Å². The van der Waals surface area contributed by atoms with Gasteiger partial charge in [-0.1, -0.05) is 0 Å². The third-order valence-electron chi connectivity index (χ3n) is 5.38. The number of aliphatic carboxylic acids is 1. The van der Waals surface area contributed by atoms with Crippen molar-refractivity contribution >= 4 is 23.5 Å². The zero-order chi connectivity index (χ0) is 22.0. The number of imidazole rings is 1.